The van der Waals surface area contributed by atoms with Crippen molar-refractivity contribution in [1.82, 2.24) is 0 Å². The monoisotopic (exact) mass is 1350 g/mol. The molecule has 0 amide bonds. The molecule has 17 nitrogen and oxygen atoms in total. The Kier molecular flexibility index (Phi) is 63.7. The van der Waals surface area contributed by atoms with Crippen LogP contribution in [0.25, 0.3) is 0 Å². The summed E-state index contributed by atoms with van der Waals surface area (Å²) in [5, 5.41) is 10.6. The predicted molar refractivity (Wildman–Crippen MR) is 372 cm³/mol. The first-order valence-corrected chi connectivity index (χ1v) is 41.0. The van der Waals surface area contributed by atoms with Gasteiger partial charge in [0.2, 0.25) is 0 Å². The first-order chi connectivity index (χ1) is 44.4. The molecule has 6 atom stereocenters. The molecule has 0 aliphatic rings. The molecule has 0 fully saturated rings. The van der Waals surface area contributed by atoms with Gasteiger partial charge in [-0.3, -0.25) is 37.3 Å². The second kappa shape index (κ2) is 65.0. The van der Waals surface area contributed by atoms with Gasteiger partial charge in [0, 0.05) is 25.7 Å². The van der Waals surface area contributed by atoms with Gasteiger partial charge < -0.3 is 33.8 Å². The maximum Gasteiger partial charge on any atom is 0.472 e. The Hall–Kier alpha value is -1.94. The van der Waals surface area contributed by atoms with E-state index in [1.807, 2.05) is 0 Å². The lowest BCUT2D eigenvalue weighted by atomic mass is 9.99. The van der Waals surface area contributed by atoms with E-state index in [0.29, 0.717) is 25.7 Å². The maximum atomic E-state index is 13.1. The topological polar surface area (TPSA) is 237 Å². The van der Waals surface area contributed by atoms with Crippen molar-refractivity contribution in [1.29, 1.82) is 0 Å². The minimum Gasteiger partial charge on any atom is -0.462 e. The predicted octanol–water partition coefficient (Wildman–Crippen LogP) is 21.2. The zero-order chi connectivity index (χ0) is 67.9. The lowest BCUT2D eigenvalue weighted by molar-refractivity contribution is -0.161. The number of phosphoric acid groups is 2. The summed E-state index contributed by atoms with van der Waals surface area (Å²) < 4.78 is 68.3. The highest BCUT2D eigenvalue weighted by molar-refractivity contribution is 7.47. The number of aliphatic hydroxyl groups is 1. The number of phosphoric ester groups is 2. The molecule has 0 bridgehead atoms. The van der Waals surface area contributed by atoms with Gasteiger partial charge in [-0.25, -0.2) is 9.13 Å². The first kappa shape index (κ1) is 90.1. The molecule has 0 saturated carbocycles. The van der Waals surface area contributed by atoms with E-state index in [2.05, 4.69) is 41.5 Å². The normalized spacial score (nSPS) is 14.4. The number of carbonyl (C=O) groups is 4. The lowest BCUT2D eigenvalue weighted by Gasteiger charge is -2.21. The third-order valence-electron chi connectivity index (χ3n) is 17.3. The minimum atomic E-state index is -4.95. The molecule has 0 aromatic rings. The molecule has 546 valence electrons. The Balaban J connectivity index is 5.21. The Morgan fingerprint density at radius 3 is 0.826 bits per heavy atom. The molecule has 92 heavy (non-hydrogen) atoms. The van der Waals surface area contributed by atoms with Gasteiger partial charge in [0.25, 0.3) is 0 Å². The molecular formula is C73H142O17P2. The number of hydrogen-bond acceptors (Lipinski definition) is 15. The summed E-state index contributed by atoms with van der Waals surface area (Å²) in [6.45, 7) is 9.57. The van der Waals surface area contributed by atoms with Gasteiger partial charge in [0.1, 0.15) is 19.3 Å². The molecule has 0 rings (SSSR count). The van der Waals surface area contributed by atoms with Crippen molar-refractivity contribution in [2.45, 2.75) is 394 Å². The van der Waals surface area contributed by atoms with E-state index in [1.54, 1.807) is 0 Å². The number of unbranched alkanes of at least 4 members (excludes halogenated alkanes) is 41. The summed E-state index contributed by atoms with van der Waals surface area (Å²) in [5.41, 5.74) is 0. The number of aliphatic hydroxyl groups excluding tert-OH is 1. The van der Waals surface area contributed by atoms with Crippen LogP contribution in [0.5, 0.6) is 0 Å². The molecule has 0 aromatic heterocycles. The van der Waals surface area contributed by atoms with Crippen molar-refractivity contribution in [3.05, 3.63) is 0 Å². The quantitative estimate of drug-likeness (QED) is 0.0222. The third kappa shape index (κ3) is 65.4. The summed E-state index contributed by atoms with van der Waals surface area (Å²) in [4.78, 5) is 72.6. The second-order valence-electron chi connectivity index (χ2n) is 27.1. The van der Waals surface area contributed by atoms with Crippen LogP contribution >= 0.6 is 15.6 Å². The van der Waals surface area contributed by atoms with E-state index in [4.69, 9.17) is 37.0 Å². The van der Waals surface area contributed by atoms with Crippen LogP contribution in [0.15, 0.2) is 0 Å². The standard InChI is InChI=1S/C73H142O17P2/c1-7-10-12-14-16-17-18-19-20-21-22-27-33-39-45-51-57-72(77)90-69(62-84-71(76)56-50-44-38-32-26-24-23-25-30-36-41-47-53-65(4)5)64-88-92(81,82)86-60-67(74)59-85-91(79,80)87-63-68(61-83-70(75)55-49-43-35-15-13-11-8-2)89-73(78)58-52-46-40-34-29-28-31-37-42-48-54-66(6)9-3/h65-69,74H,7-64H2,1-6H3,(H,79,80)(H,81,82)/t66?,67-,68+,69+/m0/s1. The molecule has 3 unspecified atom stereocenters. The Morgan fingerprint density at radius 2 is 0.554 bits per heavy atom. The summed E-state index contributed by atoms with van der Waals surface area (Å²) in [6, 6.07) is 0. The Labute approximate surface area is 562 Å². The Bertz CT molecular complexity index is 1790. The van der Waals surface area contributed by atoms with Crippen molar-refractivity contribution >= 4 is 39.5 Å². The van der Waals surface area contributed by atoms with Gasteiger partial charge in [0.05, 0.1) is 26.4 Å². The summed E-state index contributed by atoms with van der Waals surface area (Å²) in [6.07, 6.45) is 51.3. The molecular weight excluding hydrogens is 1210 g/mol. The maximum absolute atomic E-state index is 13.1. The molecule has 0 radical (unpaired) electrons. The molecule has 0 saturated heterocycles. The van der Waals surface area contributed by atoms with E-state index >= 15 is 0 Å². The fraction of sp³-hybridized carbons (Fsp3) is 0.945. The van der Waals surface area contributed by atoms with Gasteiger partial charge in [-0.2, -0.15) is 0 Å². The molecule has 0 aliphatic carbocycles. The van der Waals surface area contributed by atoms with Crippen molar-refractivity contribution in [2.75, 3.05) is 39.6 Å². The number of esters is 4. The van der Waals surface area contributed by atoms with Crippen molar-refractivity contribution in [3.63, 3.8) is 0 Å². The smallest absolute Gasteiger partial charge is 0.462 e. The van der Waals surface area contributed by atoms with E-state index in [-0.39, 0.29) is 25.7 Å². The first-order valence-electron chi connectivity index (χ1n) is 38.0. The van der Waals surface area contributed by atoms with E-state index in [0.717, 1.165) is 115 Å². The molecule has 3 N–H and O–H groups in total. The Morgan fingerprint density at radius 1 is 0.315 bits per heavy atom. The van der Waals surface area contributed by atoms with Crippen molar-refractivity contribution in [3.8, 4) is 0 Å². The summed E-state index contributed by atoms with van der Waals surface area (Å²) in [7, 11) is -9.90. The largest absolute Gasteiger partial charge is 0.472 e. The fourth-order valence-corrected chi connectivity index (χ4v) is 12.7. The molecule has 0 spiro atoms. The number of carbonyl (C=O) groups excluding carboxylic acids is 4. The van der Waals surface area contributed by atoms with Crippen LogP contribution in [-0.4, -0.2) is 96.7 Å². The van der Waals surface area contributed by atoms with Gasteiger partial charge in [0.15, 0.2) is 12.2 Å². The average molecular weight is 1350 g/mol. The summed E-state index contributed by atoms with van der Waals surface area (Å²) >= 11 is 0. The van der Waals surface area contributed by atoms with Crippen LogP contribution in [0.3, 0.4) is 0 Å². The van der Waals surface area contributed by atoms with Crippen LogP contribution in [0.4, 0.5) is 0 Å². The van der Waals surface area contributed by atoms with Crippen LogP contribution < -0.4 is 0 Å². The molecule has 0 aromatic carbocycles. The zero-order valence-corrected chi connectivity index (χ0v) is 61.6. The van der Waals surface area contributed by atoms with E-state index in [9.17, 15) is 43.2 Å². The fourth-order valence-electron chi connectivity index (χ4n) is 11.1. The third-order valence-corrected chi connectivity index (χ3v) is 19.2. The van der Waals surface area contributed by atoms with Gasteiger partial charge >= 0.3 is 39.5 Å². The van der Waals surface area contributed by atoms with Crippen LogP contribution in [0, 0.1) is 11.8 Å². The van der Waals surface area contributed by atoms with Gasteiger partial charge in [-0.05, 0) is 37.5 Å². The van der Waals surface area contributed by atoms with Crippen molar-refractivity contribution in [2.24, 2.45) is 11.8 Å². The molecule has 0 aliphatic heterocycles. The molecule has 19 heteroatoms. The lowest BCUT2D eigenvalue weighted by Crippen LogP contribution is -2.30. The SMILES string of the molecule is CCCCCCCCCCCCCCCCCCC(=O)O[C@H](COC(=O)CCCCCCCCCCCCCCC(C)C)COP(=O)(O)OC[C@@H](O)COP(=O)(O)OC[C@@H](COC(=O)CCCCCCCCC)OC(=O)CCCCCCCCCCCCC(C)CC. The van der Waals surface area contributed by atoms with Gasteiger partial charge in [-0.1, -0.05) is 324 Å². The highest BCUT2D eigenvalue weighted by Gasteiger charge is 2.30. The zero-order valence-electron chi connectivity index (χ0n) is 59.9. The highest BCUT2D eigenvalue weighted by atomic mass is 31.2. The number of ether oxygens (including phenoxy) is 4. The van der Waals surface area contributed by atoms with Crippen LogP contribution in [0.1, 0.15) is 375 Å². The minimum absolute atomic E-state index is 0.106. The average Bonchev–Trinajstić information content (AvgIpc) is 1.93. The van der Waals surface area contributed by atoms with E-state index < -0.39 is 97.5 Å². The van der Waals surface area contributed by atoms with Crippen LogP contribution in [0.2, 0.25) is 0 Å². The van der Waals surface area contributed by atoms with Gasteiger partial charge in [-0.15, -0.1) is 0 Å². The highest BCUT2D eigenvalue weighted by Crippen LogP contribution is 2.45. The number of hydrogen-bond donors (Lipinski definition) is 3. The van der Waals surface area contributed by atoms with E-state index in [1.165, 1.54) is 180 Å². The summed E-state index contributed by atoms with van der Waals surface area (Å²) in [5.74, 6) is -0.538. The molecule has 0 heterocycles. The van der Waals surface area contributed by atoms with Crippen molar-refractivity contribution < 1.29 is 80.2 Å². The number of rotatable bonds is 72. The van der Waals surface area contributed by atoms with Crippen LogP contribution in [-0.2, 0) is 65.4 Å². The second-order valence-corrected chi connectivity index (χ2v) is 30.0.